The third-order valence-corrected chi connectivity index (χ3v) is 4.62. The van der Waals surface area contributed by atoms with Gasteiger partial charge in [-0.3, -0.25) is 0 Å². The third-order valence-electron chi connectivity index (χ3n) is 2.27. The summed E-state index contributed by atoms with van der Waals surface area (Å²) in [7, 11) is -3.02. The zero-order valence-electron chi connectivity index (χ0n) is 6.97. The van der Waals surface area contributed by atoms with E-state index in [-0.39, 0.29) is 11.0 Å². The molecule has 0 radical (unpaired) electrons. The van der Waals surface area contributed by atoms with E-state index in [1.807, 2.05) is 12.1 Å². The van der Waals surface area contributed by atoms with Gasteiger partial charge in [-0.15, -0.1) is 0 Å². The lowest BCUT2D eigenvalue weighted by molar-refractivity contribution is 0.586. The number of rotatable bonds is 0. The highest BCUT2D eigenvalue weighted by Gasteiger charge is 2.27. The van der Waals surface area contributed by atoms with Crippen molar-refractivity contribution in [3.8, 4) is 0 Å². The second-order valence-corrected chi connectivity index (χ2v) is 5.86. The van der Waals surface area contributed by atoms with E-state index in [4.69, 9.17) is 0 Å². The Labute approximate surface area is 83.3 Å². The lowest BCUT2D eigenvalue weighted by atomic mass is 10.1. The molecule has 0 aliphatic carbocycles. The van der Waals surface area contributed by atoms with Gasteiger partial charge < -0.3 is 0 Å². The van der Waals surface area contributed by atoms with E-state index in [0.29, 0.717) is 11.3 Å². The van der Waals surface area contributed by atoms with Crippen molar-refractivity contribution in [2.75, 3.05) is 5.75 Å². The molecule has 1 atom stereocenters. The largest absolute Gasteiger partial charge is 0.224 e. The molecule has 0 saturated carbocycles. The standard InChI is InChI=1S/C9H10O2S2/c10-13(11)6-5-8(12)7-3-1-2-4-9(7)13/h1-4,8,12H,5-6H2. The van der Waals surface area contributed by atoms with Gasteiger partial charge in [-0.1, -0.05) is 18.2 Å². The maximum Gasteiger partial charge on any atom is 0.178 e. The average Bonchev–Trinajstić information content (AvgIpc) is 2.13. The number of fused-ring (bicyclic) bond motifs is 1. The summed E-state index contributed by atoms with van der Waals surface area (Å²) in [5.74, 6) is 0.220. The lowest BCUT2D eigenvalue weighted by Gasteiger charge is -2.21. The monoisotopic (exact) mass is 214 g/mol. The van der Waals surface area contributed by atoms with Crippen molar-refractivity contribution in [1.29, 1.82) is 0 Å². The van der Waals surface area contributed by atoms with Crippen LogP contribution in [0.2, 0.25) is 0 Å². The lowest BCUT2D eigenvalue weighted by Crippen LogP contribution is -2.17. The van der Waals surface area contributed by atoms with Crippen molar-refractivity contribution in [2.45, 2.75) is 16.6 Å². The van der Waals surface area contributed by atoms with Gasteiger partial charge in [0, 0.05) is 5.25 Å². The van der Waals surface area contributed by atoms with E-state index >= 15 is 0 Å². The summed E-state index contributed by atoms with van der Waals surface area (Å²) >= 11 is 4.35. The summed E-state index contributed by atoms with van der Waals surface area (Å²) < 4.78 is 23.2. The third kappa shape index (κ3) is 1.48. The van der Waals surface area contributed by atoms with Crippen LogP contribution in [0.5, 0.6) is 0 Å². The maximum atomic E-state index is 11.6. The summed E-state index contributed by atoms with van der Waals surface area (Å²) in [6.45, 7) is 0. The molecule has 0 aromatic heterocycles. The first-order chi connectivity index (χ1) is 6.11. The van der Waals surface area contributed by atoms with Crippen molar-refractivity contribution < 1.29 is 8.42 Å². The second kappa shape index (κ2) is 3.03. The molecule has 1 heterocycles. The van der Waals surface area contributed by atoms with Crippen LogP contribution in [0.15, 0.2) is 29.2 Å². The molecule has 1 aromatic carbocycles. The molecule has 2 rings (SSSR count). The van der Waals surface area contributed by atoms with Gasteiger partial charge >= 0.3 is 0 Å². The summed E-state index contributed by atoms with van der Waals surface area (Å²) in [5, 5.41) is 0.0692. The van der Waals surface area contributed by atoms with Gasteiger partial charge in [0.05, 0.1) is 10.6 Å². The number of hydrogen-bond acceptors (Lipinski definition) is 3. The van der Waals surface area contributed by atoms with Crippen molar-refractivity contribution in [3.05, 3.63) is 29.8 Å². The first-order valence-electron chi connectivity index (χ1n) is 4.11. The van der Waals surface area contributed by atoms with Gasteiger partial charge in [-0.2, -0.15) is 12.6 Å². The predicted octanol–water partition coefficient (Wildman–Crippen LogP) is 1.83. The first kappa shape index (κ1) is 9.09. The van der Waals surface area contributed by atoms with Gasteiger partial charge in [-0.05, 0) is 18.1 Å². The summed E-state index contributed by atoms with van der Waals surface area (Å²) in [4.78, 5) is 0.459. The van der Waals surface area contributed by atoms with Crippen molar-refractivity contribution >= 4 is 22.5 Å². The second-order valence-electron chi connectivity index (χ2n) is 3.16. The van der Waals surface area contributed by atoms with E-state index in [9.17, 15) is 8.42 Å². The molecule has 1 aromatic rings. The van der Waals surface area contributed by atoms with Crippen LogP contribution in [0.25, 0.3) is 0 Å². The van der Waals surface area contributed by atoms with Crippen LogP contribution in [-0.4, -0.2) is 14.2 Å². The van der Waals surface area contributed by atoms with Gasteiger partial charge in [0.2, 0.25) is 0 Å². The highest BCUT2D eigenvalue weighted by molar-refractivity contribution is 7.91. The van der Waals surface area contributed by atoms with Gasteiger partial charge in [0.1, 0.15) is 0 Å². The minimum atomic E-state index is -3.02. The molecule has 1 aliphatic rings. The molecule has 1 unspecified atom stereocenters. The molecule has 0 saturated heterocycles. The Morgan fingerprint density at radius 3 is 2.69 bits per heavy atom. The van der Waals surface area contributed by atoms with E-state index in [1.165, 1.54) is 0 Å². The highest BCUT2D eigenvalue weighted by Crippen LogP contribution is 2.35. The highest BCUT2D eigenvalue weighted by atomic mass is 32.2. The summed E-state index contributed by atoms with van der Waals surface area (Å²) in [6, 6.07) is 7.10. The van der Waals surface area contributed by atoms with Gasteiger partial charge in [0.15, 0.2) is 9.84 Å². The molecule has 0 N–H and O–H groups in total. The van der Waals surface area contributed by atoms with E-state index < -0.39 is 9.84 Å². The fourth-order valence-electron chi connectivity index (χ4n) is 1.57. The van der Waals surface area contributed by atoms with Crippen LogP contribution < -0.4 is 0 Å². The van der Waals surface area contributed by atoms with Crippen molar-refractivity contribution in [1.82, 2.24) is 0 Å². The average molecular weight is 214 g/mol. The van der Waals surface area contributed by atoms with Crippen LogP contribution in [0, 0.1) is 0 Å². The fraction of sp³-hybridized carbons (Fsp3) is 0.333. The van der Waals surface area contributed by atoms with E-state index in [2.05, 4.69) is 12.6 Å². The molecule has 0 bridgehead atoms. The Balaban J connectivity index is 2.68. The number of hydrogen-bond donors (Lipinski definition) is 1. The molecule has 0 spiro atoms. The Hall–Kier alpha value is -0.480. The molecule has 2 nitrogen and oxygen atoms in total. The van der Waals surface area contributed by atoms with Crippen molar-refractivity contribution in [2.24, 2.45) is 0 Å². The SMILES string of the molecule is O=S1(=O)CCC(S)c2ccccc21. The zero-order chi connectivity index (χ0) is 9.47. The van der Waals surface area contributed by atoms with Gasteiger partial charge in [0.25, 0.3) is 0 Å². The molecular weight excluding hydrogens is 204 g/mol. The predicted molar refractivity (Wildman–Crippen MR) is 54.8 cm³/mol. The zero-order valence-corrected chi connectivity index (χ0v) is 8.68. The van der Waals surface area contributed by atoms with Crippen LogP contribution >= 0.6 is 12.6 Å². The molecule has 70 valence electrons. The molecule has 13 heavy (non-hydrogen) atoms. The minimum Gasteiger partial charge on any atom is -0.224 e. The van der Waals surface area contributed by atoms with Crippen LogP contribution in [0.1, 0.15) is 17.2 Å². The molecule has 1 aliphatic heterocycles. The normalized spacial score (nSPS) is 25.2. The fourth-order valence-corrected chi connectivity index (χ4v) is 3.81. The van der Waals surface area contributed by atoms with E-state index in [1.54, 1.807) is 12.1 Å². The molecule has 0 amide bonds. The first-order valence-corrected chi connectivity index (χ1v) is 6.28. The Morgan fingerprint density at radius 2 is 2.00 bits per heavy atom. The van der Waals surface area contributed by atoms with E-state index in [0.717, 1.165) is 5.56 Å². The van der Waals surface area contributed by atoms with Crippen molar-refractivity contribution in [3.63, 3.8) is 0 Å². The van der Waals surface area contributed by atoms with Gasteiger partial charge in [-0.25, -0.2) is 8.42 Å². The Bertz CT molecular complexity index is 423. The van der Waals surface area contributed by atoms with Crippen LogP contribution in [0.3, 0.4) is 0 Å². The molecule has 4 heteroatoms. The maximum absolute atomic E-state index is 11.6. The quantitative estimate of drug-likeness (QED) is 0.669. The number of benzene rings is 1. The smallest absolute Gasteiger partial charge is 0.178 e. The van der Waals surface area contributed by atoms with Crippen LogP contribution in [-0.2, 0) is 9.84 Å². The number of thiol groups is 1. The Kier molecular flexibility index (Phi) is 2.12. The molecule has 0 fully saturated rings. The Morgan fingerprint density at radius 1 is 1.31 bits per heavy atom. The van der Waals surface area contributed by atoms with Crippen LogP contribution in [0.4, 0.5) is 0 Å². The summed E-state index contributed by atoms with van der Waals surface area (Å²) in [5.41, 5.74) is 0.845. The topological polar surface area (TPSA) is 34.1 Å². The summed E-state index contributed by atoms with van der Waals surface area (Å²) in [6.07, 6.45) is 0.614. The number of sulfone groups is 1. The minimum absolute atomic E-state index is 0.0692. The molecular formula is C9H10O2S2.